The molecule has 1 amide bonds. The van der Waals surface area contributed by atoms with Gasteiger partial charge in [0.25, 0.3) is 5.91 Å². The van der Waals surface area contributed by atoms with Crippen LogP contribution in [0.15, 0.2) is 16.8 Å². The first-order valence-electron chi connectivity index (χ1n) is 6.21. The Morgan fingerprint density at radius 1 is 1.59 bits per heavy atom. The first-order valence-corrected chi connectivity index (χ1v) is 7.15. The van der Waals surface area contributed by atoms with Crippen molar-refractivity contribution < 1.29 is 9.53 Å². The molecule has 4 heteroatoms. The van der Waals surface area contributed by atoms with Crippen LogP contribution in [-0.4, -0.2) is 36.1 Å². The van der Waals surface area contributed by atoms with Crippen molar-refractivity contribution in [2.24, 2.45) is 5.92 Å². The molecule has 3 nitrogen and oxygen atoms in total. The molecule has 0 radical (unpaired) electrons. The number of hydrogen-bond acceptors (Lipinski definition) is 3. The minimum Gasteiger partial charge on any atom is -0.373 e. The van der Waals surface area contributed by atoms with Gasteiger partial charge in [-0.05, 0) is 37.1 Å². The highest BCUT2D eigenvalue weighted by Crippen LogP contribution is 2.33. The van der Waals surface area contributed by atoms with Crippen LogP contribution in [-0.2, 0) is 4.74 Å². The number of carbonyl (C=O) groups is 1. The maximum absolute atomic E-state index is 12.2. The summed E-state index contributed by atoms with van der Waals surface area (Å²) < 4.78 is 5.87. The molecule has 2 aliphatic rings. The van der Waals surface area contributed by atoms with Gasteiger partial charge in [-0.2, -0.15) is 11.3 Å². The summed E-state index contributed by atoms with van der Waals surface area (Å²) in [5, 5.41) is 3.88. The number of thiophene rings is 1. The Balaban J connectivity index is 1.69. The number of amides is 1. The molecule has 0 spiro atoms. The van der Waals surface area contributed by atoms with E-state index in [2.05, 4.69) is 6.92 Å². The van der Waals surface area contributed by atoms with Gasteiger partial charge < -0.3 is 9.64 Å². The molecule has 2 aliphatic heterocycles. The maximum Gasteiger partial charge on any atom is 0.254 e. The van der Waals surface area contributed by atoms with Gasteiger partial charge in [-0.25, -0.2) is 0 Å². The minimum absolute atomic E-state index is 0.160. The Bertz CT molecular complexity index is 404. The van der Waals surface area contributed by atoms with E-state index in [1.165, 1.54) is 0 Å². The molecule has 0 saturated carbocycles. The number of ether oxygens (including phenoxy) is 1. The maximum atomic E-state index is 12.2. The van der Waals surface area contributed by atoms with Gasteiger partial charge in [-0.3, -0.25) is 4.79 Å². The molecule has 2 fully saturated rings. The third-order valence-corrected chi connectivity index (χ3v) is 4.48. The van der Waals surface area contributed by atoms with E-state index < -0.39 is 0 Å². The van der Waals surface area contributed by atoms with Crippen molar-refractivity contribution >= 4 is 17.2 Å². The van der Waals surface area contributed by atoms with E-state index >= 15 is 0 Å². The normalized spacial score (nSPS) is 32.5. The molecule has 1 aromatic heterocycles. The van der Waals surface area contributed by atoms with Gasteiger partial charge >= 0.3 is 0 Å². The van der Waals surface area contributed by atoms with Crippen molar-refractivity contribution in [1.82, 2.24) is 4.90 Å². The molecule has 92 valence electrons. The van der Waals surface area contributed by atoms with Gasteiger partial charge in [0.1, 0.15) is 0 Å². The van der Waals surface area contributed by atoms with E-state index in [1.54, 1.807) is 11.3 Å². The predicted molar refractivity (Wildman–Crippen MR) is 67.3 cm³/mol. The van der Waals surface area contributed by atoms with Crippen molar-refractivity contribution in [2.75, 3.05) is 13.1 Å². The van der Waals surface area contributed by atoms with E-state index in [0.29, 0.717) is 12.0 Å². The fraction of sp³-hybridized carbons (Fsp3) is 0.615. The molecule has 2 saturated heterocycles. The standard InChI is InChI=1S/C13H17NO2S/c1-9-6-10-2-4-14(7-12(10)16-9)13(15)11-3-5-17-8-11/h3,5,8-10,12H,2,4,6-7H2,1H3/t9-,10-,12+/m0/s1. The van der Waals surface area contributed by atoms with Crippen molar-refractivity contribution in [1.29, 1.82) is 0 Å². The first-order chi connectivity index (χ1) is 8.24. The highest BCUT2D eigenvalue weighted by atomic mass is 32.1. The van der Waals surface area contributed by atoms with Gasteiger partial charge in [0, 0.05) is 18.5 Å². The molecule has 3 rings (SSSR count). The topological polar surface area (TPSA) is 29.5 Å². The Morgan fingerprint density at radius 3 is 3.24 bits per heavy atom. The van der Waals surface area contributed by atoms with E-state index in [4.69, 9.17) is 4.74 Å². The lowest BCUT2D eigenvalue weighted by molar-refractivity contribution is 0.00158. The van der Waals surface area contributed by atoms with E-state index in [9.17, 15) is 4.79 Å². The predicted octanol–water partition coefficient (Wildman–Crippen LogP) is 2.39. The number of hydrogen-bond donors (Lipinski definition) is 0. The van der Waals surface area contributed by atoms with Crippen LogP contribution in [0, 0.1) is 5.92 Å². The van der Waals surface area contributed by atoms with Crippen LogP contribution in [0.4, 0.5) is 0 Å². The fourth-order valence-corrected chi connectivity index (χ4v) is 3.55. The molecular weight excluding hydrogens is 234 g/mol. The number of nitrogens with zero attached hydrogens (tertiary/aromatic N) is 1. The summed E-state index contributed by atoms with van der Waals surface area (Å²) in [7, 11) is 0. The number of likely N-dealkylation sites (tertiary alicyclic amines) is 1. The Kier molecular flexibility index (Phi) is 2.92. The lowest BCUT2D eigenvalue weighted by Gasteiger charge is -2.34. The summed E-state index contributed by atoms with van der Waals surface area (Å²) in [5.74, 6) is 0.823. The third-order valence-electron chi connectivity index (χ3n) is 3.79. The zero-order valence-corrected chi connectivity index (χ0v) is 10.8. The zero-order chi connectivity index (χ0) is 11.8. The monoisotopic (exact) mass is 251 g/mol. The zero-order valence-electron chi connectivity index (χ0n) is 9.96. The van der Waals surface area contributed by atoms with Gasteiger partial charge in [-0.15, -0.1) is 0 Å². The Labute approximate surface area is 105 Å². The van der Waals surface area contributed by atoms with Crippen LogP contribution in [0.1, 0.15) is 30.1 Å². The van der Waals surface area contributed by atoms with Crippen molar-refractivity contribution in [3.05, 3.63) is 22.4 Å². The minimum atomic E-state index is 0.160. The average molecular weight is 251 g/mol. The van der Waals surface area contributed by atoms with Crippen molar-refractivity contribution in [3.8, 4) is 0 Å². The molecule has 0 aromatic carbocycles. The van der Waals surface area contributed by atoms with E-state index in [-0.39, 0.29) is 12.0 Å². The highest BCUT2D eigenvalue weighted by molar-refractivity contribution is 7.08. The second-order valence-electron chi connectivity index (χ2n) is 5.03. The second kappa shape index (κ2) is 4.42. The van der Waals surface area contributed by atoms with Crippen molar-refractivity contribution in [2.45, 2.75) is 32.0 Å². The first kappa shape index (κ1) is 11.2. The number of rotatable bonds is 1. The van der Waals surface area contributed by atoms with Gasteiger partial charge in [0.2, 0.25) is 0 Å². The van der Waals surface area contributed by atoms with Crippen LogP contribution in [0.25, 0.3) is 0 Å². The lowest BCUT2D eigenvalue weighted by atomic mass is 9.92. The molecule has 1 aromatic rings. The summed E-state index contributed by atoms with van der Waals surface area (Å²) >= 11 is 1.57. The fourth-order valence-electron chi connectivity index (χ4n) is 2.92. The molecule has 17 heavy (non-hydrogen) atoms. The Hall–Kier alpha value is -0.870. The van der Waals surface area contributed by atoms with Gasteiger partial charge in [0.05, 0.1) is 17.8 Å². The van der Waals surface area contributed by atoms with E-state index in [0.717, 1.165) is 31.5 Å². The molecule has 3 atom stereocenters. The number of carbonyl (C=O) groups excluding carboxylic acids is 1. The summed E-state index contributed by atoms with van der Waals surface area (Å²) in [6, 6.07) is 1.90. The Morgan fingerprint density at radius 2 is 2.47 bits per heavy atom. The summed E-state index contributed by atoms with van der Waals surface area (Å²) in [4.78, 5) is 14.2. The van der Waals surface area contributed by atoms with Gasteiger partial charge in [0.15, 0.2) is 0 Å². The summed E-state index contributed by atoms with van der Waals surface area (Å²) in [6.07, 6.45) is 2.87. The van der Waals surface area contributed by atoms with Crippen LogP contribution in [0.2, 0.25) is 0 Å². The number of piperidine rings is 1. The van der Waals surface area contributed by atoms with Gasteiger partial charge in [-0.1, -0.05) is 0 Å². The van der Waals surface area contributed by atoms with Crippen LogP contribution < -0.4 is 0 Å². The largest absolute Gasteiger partial charge is 0.373 e. The SMILES string of the molecule is C[C@H]1C[C@@H]2CCN(C(=O)c3ccsc3)C[C@H]2O1. The average Bonchev–Trinajstić information content (AvgIpc) is 2.94. The van der Waals surface area contributed by atoms with Crippen LogP contribution in [0.3, 0.4) is 0 Å². The summed E-state index contributed by atoms with van der Waals surface area (Å²) in [5.41, 5.74) is 0.819. The summed E-state index contributed by atoms with van der Waals surface area (Å²) in [6.45, 7) is 3.78. The molecule has 0 unspecified atom stereocenters. The third kappa shape index (κ3) is 2.11. The molecule has 3 heterocycles. The highest BCUT2D eigenvalue weighted by Gasteiger charge is 2.38. The second-order valence-corrected chi connectivity index (χ2v) is 5.81. The smallest absolute Gasteiger partial charge is 0.254 e. The molecule has 0 bridgehead atoms. The molecule has 0 N–H and O–H groups in total. The quantitative estimate of drug-likeness (QED) is 0.767. The van der Waals surface area contributed by atoms with Crippen molar-refractivity contribution in [3.63, 3.8) is 0 Å². The van der Waals surface area contributed by atoms with Crippen LogP contribution in [0.5, 0.6) is 0 Å². The lowest BCUT2D eigenvalue weighted by Crippen LogP contribution is -2.45. The molecular formula is C13H17NO2S. The number of fused-ring (bicyclic) bond motifs is 1. The van der Waals surface area contributed by atoms with Crippen LogP contribution >= 0.6 is 11.3 Å². The molecule has 0 aliphatic carbocycles. The van der Waals surface area contributed by atoms with E-state index in [1.807, 2.05) is 21.7 Å².